The van der Waals surface area contributed by atoms with E-state index in [1.165, 1.54) is 51.5 Å². The van der Waals surface area contributed by atoms with Gasteiger partial charge in [-0.2, -0.15) is 4.98 Å². The highest BCUT2D eigenvalue weighted by atomic mass is 16.5. The second-order valence-corrected chi connectivity index (χ2v) is 8.57. The molecule has 1 aromatic rings. The molecule has 0 radical (unpaired) electrons. The minimum Gasteiger partial charge on any atom is -0.476 e. The number of hydrogen-bond donors (Lipinski definition) is 1. The van der Waals surface area contributed by atoms with E-state index >= 15 is 0 Å². The molecule has 1 aliphatic heterocycles. The van der Waals surface area contributed by atoms with Gasteiger partial charge in [-0.3, -0.25) is 4.90 Å². The van der Waals surface area contributed by atoms with E-state index in [0.29, 0.717) is 18.3 Å². The summed E-state index contributed by atoms with van der Waals surface area (Å²) in [5.41, 5.74) is 7.22. The fourth-order valence-electron chi connectivity index (χ4n) is 5.12. The minimum absolute atomic E-state index is 0.548. The van der Waals surface area contributed by atoms with Crippen molar-refractivity contribution in [3.8, 4) is 5.88 Å². The van der Waals surface area contributed by atoms with Crippen LogP contribution in [0.5, 0.6) is 5.88 Å². The summed E-state index contributed by atoms with van der Waals surface area (Å²) in [7, 11) is 0. The Morgan fingerprint density at radius 3 is 2.40 bits per heavy atom. The maximum Gasteiger partial charge on any atom is 0.217 e. The standard InChI is InChI=1S/C23H40N4O.C2H6/c1-3-12-26(13-4-2)20-17-22(24)25-23(18-20)28-16-15-27-14-8-7-10-19-9-5-6-11-21(19)27;1-2/h17-19,21H,3-16H2,1-2H3,(H2,24,25);1-2H3. The van der Waals surface area contributed by atoms with Gasteiger partial charge in [0.1, 0.15) is 12.4 Å². The molecule has 3 rings (SSSR count). The number of anilines is 2. The number of ether oxygens (including phenoxy) is 1. The lowest BCUT2D eigenvalue weighted by Gasteiger charge is -2.38. The lowest BCUT2D eigenvalue weighted by atomic mass is 9.82. The fraction of sp³-hybridized carbons (Fsp3) is 0.800. The molecule has 1 aliphatic carbocycles. The van der Waals surface area contributed by atoms with Crippen molar-refractivity contribution in [2.75, 3.05) is 43.4 Å². The summed E-state index contributed by atoms with van der Waals surface area (Å²) in [6.07, 6.45) is 12.0. The van der Waals surface area contributed by atoms with Crippen LogP contribution >= 0.6 is 0 Å². The quantitative estimate of drug-likeness (QED) is 0.554. The molecule has 5 heteroatoms. The average molecular weight is 419 g/mol. The van der Waals surface area contributed by atoms with Gasteiger partial charge in [0.15, 0.2) is 0 Å². The lowest BCUT2D eigenvalue weighted by Crippen LogP contribution is -2.43. The van der Waals surface area contributed by atoms with E-state index in [1.54, 1.807) is 0 Å². The summed E-state index contributed by atoms with van der Waals surface area (Å²) in [6, 6.07) is 4.81. The molecular weight excluding hydrogens is 372 g/mol. The highest BCUT2D eigenvalue weighted by Gasteiger charge is 2.31. The number of aromatic nitrogens is 1. The molecule has 2 atom stereocenters. The number of nitrogen functional groups attached to an aromatic ring is 1. The normalized spacial score (nSPS) is 21.7. The van der Waals surface area contributed by atoms with Crippen molar-refractivity contribution in [3.63, 3.8) is 0 Å². The van der Waals surface area contributed by atoms with Crippen LogP contribution in [0.15, 0.2) is 12.1 Å². The summed E-state index contributed by atoms with van der Waals surface area (Å²) < 4.78 is 6.10. The molecule has 30 heavy (non-hydrogen) atoms. The zero-order valence-electron chi connectivity index (χ0n) is 20.0. The first kappa shape index (κ1) is 24.8. The van der Waals surface area contributed by atoms with Crippen molar-refractivity contribution in [3.05, 3.63) is 12.1 Å². The molecule has 1 saturated heterocycles. The Morgan fingerprint density at radius 1 is 1.03 bits per heavy atom. The molecule has 0 spiro atoms. The number of pyridine rings is 1. The van der Waals surface area contributed by atoms with Crippen LogP contribution < -0.4 is 15.4 Å². The highest BCUT2D eigenvalue weighted by Crippen LogP contribution is 2.34. The second kappa shape index (κ2) is 13.7. The van der Waals surface area contributed by atoms with Gasteiger partial charge in [-0.1, -0.05) is 47.0 Å². The number of nitrogens with zero attached hydrogens (tertiary/aromatic N) is 3. The van der Waals surface area contributed by atoms with E-state index < -0.39 is 0 Å². The van der Waals surface area contributed by atoms with Crippen molar-refractivity contribution in [2.24, 2.45) is 5.92 Å². The number of hydrogen-bond acceptors (Lipinski definition) is 5. The third kappa shape index (κ3) is 7.33. The monoisotopic (exact) mass is 418 g/mol. The largest absolute Gasteiger partial charge is 0.476 e. The Hall–Kier alpha value is -1.49. The van der Waals surface area contributed by atoms with Crippen LogP contribution in [0.1, 0.15) is 85.5 Å². The van der Waals surface area contributed by atoms with Gasteiger partial charge in [0.2, 0.25) is 5.88 Å². The molecule has 0 bridgehead atoms. The van der Waals surface area contributed by atoms with Crippen molar-refractivity contribution < 1.29 is 4.74 Å². The van der Waals surface area contributed by atoms with Gasteiger partial charge in [0, 0.05) is 43.5 Å². The first-order valence-electron chi connectivity index (χ1n) is 12.6. The zero-order valence-corrected chi connectivity index (χ0v) is 20.0. The molecule has 1 saturated carbocycles. The smallest absolute Gasteiger partial charge is 0.217 e. The summed E-state index contributed by atoms with van der Waals surface area (Å²) in [5, 5.41) is 0. The number of likely N-dealkylation sites (tertiary alicyclic amines) is 1. The molecule has 1 aromatic heterocycles. The predicted molar refractivity (Wildman–Crippen MR) is 129 cm³/mol. The second-order valence-electron chi connectivity index (χ2n) is 8.57. The van der Waals surface area contributed by atoms with Crippen LogP contribution in [0.3, 0.4) is 0 Å². The van der Waals surface area contributed by atoms with Gasteiger partial charge in [-0.15, -0.1) is 0 Å². The Balaban J connectivity index is 0.00000155. The van der Waals surface area contributed by atoms with E-state index in [9.17, 15) is 0 Å². The van der Waals surface area contributed by atoms with Crippen LogP contribution in [0.4, 0.5) is 11.5 Å². The summed E-state index contributed by atoms with van der Waals surface area (Å²) in [4.78, 5) is 9.51. The Kier molecular flexibility index (Phi) is 11.3. The number of rotatable bonds is 9. The first-order valence-corrected chi connectivity index (χ1v) is 12.6. The highest BCUT2D eigenvalue weighted by molar-refractivity contribution is 5.55. The van der Waals surface area contributed by atoms with Gasteiger partial charge in [0.05, 0.1) is 0 Å². The molecule has 2 aliphatic rings. The molecule has 2 unspecified atom stereocenters. The number of fused-ring (bicyclic) bond motifs is 1. The Bertz CT molecular complexity index is 589. The van der Waals surface area contributed by atoms with E-state index in [2.05, 4.69) is 34.7 Å². The van der Waals surface area contributed by atoms with E-state index in [1.807, 2.05) is 19.9 Å². The third-order valence-corrected chi connectivity index (χ3v) is 6.40. The van der Waals surface area contributed by atoms with Crippen molar-refractivity contribution in [1.82, 2.24) is 9.88 Å². The SMILES string of the molecule is CC.CCCN(CCC)c1cc(N)nc(OCCN2CCCCC3CCCCC32)c1. The third-order valence-electron chi connectivity index (χ3n) is 6.40. The van der Waals surface area contributed by atoms with E-state index in [4.69, 9.17) is 10.5 Å². The lowest BCUT2D eigenvalue weighted by molar-refractivity contribution is 0.0983. The fourth-order valence-corrected chi connectivity index (χ4v) is 5.12. The summed E-state index contributed by atoms with van der Waals surface area (Å²) in [6.45, 7) is 13.4. The summed E-state index contributed by atoms with van der Waals surface area (Å²) >= 11 is 0. The van der Waals surface area contributed by atoms with Crippen LogP contribution in [-0.2, 0) is 0 Å². The molecular formula is C25H46N4O. The molecule has 2 N–H and O–H groups in total. The first-order chi connectivity index (χ1) is 14.7. The van der Waals surface area contributed by atoms with Crippen LogP contribution in [0, 0.1) is 5.92 Å². The molecule has 172 valence electrons. The molecule has 5 nitrogen and oxygen atoms in total. The maximum atomic E-state index is 6.10. The maximum absolute atomic E-state index is 6.10. The van der Waals surface area contributed by atoms with Gasteiger partial charge in [0.25, 0.3) is 0 Å². The van der Waals surface area contributed by atoms with Gasteiger partial charge in [-0.05, 0) is 51.0 Å². The summed E-state index contributed by atoms with van der Waals surface area (Å²) in [5.74, 6) is 2.12. The van der Waals surface area contributed by atoms with Crippen molar-refractivity contribution >= 4 is 11.5 Å². The molecule has 0 amide bonds. The van der Waals surface area contributed by atoms with Crippen LogP contribution in [0.2, 0.25) is 0 Å². The van der Waals surface area contributed by atoms with E-state index in [0.717, 1.165) is 50.1 Å². The van der Waals surface area contributed by atoms with Gasteiger partial charge in [-0.25, -0.2) is 0 Å². The van der Waals surface area contributed by atoms with Gasteiger partial charge < -0.3 is 15.4 Å². The molecule has 0 aromatic carbocycles. The Labute approximate surface area is 185 Å². The van der Waals surface area contributed by atoms with E-state index in [-0.39, 0.29) is 0 Å². The molecule has 2 heterocycles. The van der Waals surface area contributed by atoms with Crippen LogP contribution in [-0.4, -0.2) is 48.7 Å². The Morgan fingerprint density at radius 2 is 1.70 bits per heavy atom. The van der Waals surface area contributed by atoms with Gasteiger partial charge >= 0.3 is 0 Å². The molecule has 2 fully saturated rings. The number of nitrogens with two attached hydrogens (primary N) is 1. The predicted octanol–water partition coefficient (Wildman–Crippen LogP) is 5.74. The van der Waals surface area contributed by atoms with Crippen LogP contribution in [0.25, 0.3) is 0 Å². The minimum atomic E-state index is 0.548. The zero-order chi connectivity index (χ0) is 21.8. The topological polar surface area (TPSA) is 54.6 Å². The van der Waals surface area contributed by atoms with Crippen molar-refractivity contribution in [2.45, 2.75) is 91.5 Å². The average Bonchev–Trinajstić information content (AvgIpc) is 2.97. The van der Waals surface area contributed by atoms with Crippen molar-refractivity contribution in [1.29, 1.82) is 0 Å².